The standard InChI is InChI=1S/C35H46ClN7O4S/c1-2-30(44)39-27(18-31-40-25-15-14-23(36)17-29(25)48-31)34(46)43-32(21-9-3-4-10-21)35(47)41-26(13-7-8-16-37)33(45)42-28-20-38-19-22-11-5-6-12-24(22)28/h5-6,11-12,14-15,17,21,26-28,32,38H,2-4,7-10,13,16,18-20,37H2,1H3,(H,39,44)(H,41,47)(H,42,45)(H,43,46)/t26-,27-,28+,32-/m0/s1. The molecule has 2 aromatic carbocycles. The van der Waals surface area contributed by atoms with Crippen LogP contribution in [0.5, 0.6) is 0 Å². The van der Waals surface area contributed by atoms with Gasteiger partial charge in [-0.25, -0.2) is 4.98 Å². The average molecular weight is 696 g/mol. The third-order valence-electron chi connectivity index (χ3n) is 9.19. The minimum Gasteiger partial charge on any atom is -0.346 e. The third-order valence-corrected chi connectivity index (χ3v) is 10.5. The highest BCUT2D eigenvalue weighted by Crippen LogP contribution is 2.29. The van der Waals surface area contributed by atoms with E-state index in [1.54, 1.807) is 13.0 Å². The molecule has 1 aliphatic heterocycles. The topological polar surface area (TPSA) is 167 Å². The van der Waals surface area contributed by atoms with Gasteiger partial charge in [-0.2, -0.15) is 0 Å². The number of hydrogen-bond donors (Lipinski definition) is 6. The zero-order valence-electron chi connectivity index (χ0n) is 27.4. The van der Waals surface area contributed by atoms with Crippen LogP contribution in [0, 0.1) is 5.92 Å². The van der Waals surface area contributed by atoms with Gasteiger partial charge in [-0.05, 0) is 73.9 Å². The Morgan fingerprint density at radius 2 is 1.79 bits per heavy atom. The number of hydrogen-bond acceptors (Lipinski definition) is 8. The van der Waals surface area contributed by atoms with Crippen molar-refractivity contribution >= 4 is 56.8 Å². The Morgan fingerprint density at radius 1 is 1.00 bits per heavy atom. The summed E-state index contributed by atoms with van der Waals surface area (Å²) in [7, 11) is 0. The first-order chi connectivity index (χ1) is 23.2. The van der Waals surface area contributed by atoms with Crippen LogP contribution in [-0.4, -0.2) is 59.8 Å². The number of amides is 4. The molecule has 48 heavy (non-hydrogen) atoms. The SMILES string of the molecule is CCC(=O)N[C@@H](Cc1nc2ccc(Cl)cc2s1)C(=O)N[C@H](C(=O)N[C@@H](CCCCN)C(=O)N[C@@H]1CNCc2ccccc21)C1CCCC1. The van der Waals surface area contributed by atoms with Crippen LogP contribution in [0.1, 0.15) is 80.5 Å². The van der Waals surface area contributed by atoms with Gasteiger partial charge in [-0.1, -0.05) is 55.6 Å². The minimum absolute atomic E-state index is 0.0942. The number of halogens is 1. The van der Waals surface area contributed by atoms with E-state index < -0.39 is 29.9 Å². The first kappa shape index (κ1) is 35.7. The molecule has 7 N–H and O–H groups in total. The molecule has 258 valence electrons. The summed E-state index contributed by atoms with van der Waals surface area (Å²) >= 11 is 7.58. The highest BCUT2D eigenvalue weighted by Gasteiger charge is 2.36. The number of rotatable bonds is 15. The van der Waals surface area contributed by atoms with Gasteiger partial charge in [0.25, 0.3) is 0 Å². The van der Waals surface area contributed by atoms with Gasteiger partial charge in [0.1, 0.15) is 18.1 Å². The maximum absolute atomic E-state index is 14.1. The molecule has 1 aliphatic carbocycles. The zero-order valence-corrected chi connectivity index (χ0v) is 28.9. The monoisotopic (exact) mass is 695 g/mol. The van der Waals surface area contributed by atoms with E-state index in [2.05, 4.69) is 31.6 Å². The molecule has 4 atom stereocenters. The van der Waals surface area contributed by atoms with Crippen molar-refractivity contribution in [2.75, 3.05) is 13.1 Å². The Bertz CT molecular complexity index is 1590. The minimum atomic E-state index is -0.937. The van der Waals surface area contributed by atoms with E-state index in [1.807, 2.05) is 36.4 Å². The molecular weight excluding hydrogens is 650 g/mol. The lowest BCUT2D eigenvalue weighted by Gasteiger charge is -2.31. The van der Waals surface area contributed by atoms with Gasteiger partial charge in [-0.15, -0.1) is 11.3 Å². The lowest BCUT2D eigenvalue weighted by molar-refractivity contribution is -0.135. The fourth-order valence-electron chi connectivity index (χ4n) is 6.58. The van der Waals surface area contributed by atoms with Crippen LogP contribution in [0.4, 0.5) is 0 Å². The molecule has 3 aromatic rings. The number of nitrogens with two attached hydrogens (primary N) is 1. The zero-order chi connectivity index (χ0) is 34.0. The van der Waals surface area contributed by atoms with Crippen molar-refractivity contribution in [3.63, 3.8) is 0 Å². The molecule has 4 amide bonds. The smallest absolute Gasteiger partial charge is 0.243 e. The fourth-order valence-corrected chi connectivity index (χ4v) is 7.87. The summed E-state index contributed by atoms with van der Waals surface area (Å²) in [5, 5.41) is 16.6. The van der Waals surface area contributed by atoms with Gasteiger partial charge in [0.05, 0.1) is 21.3 Å². The van der Waals surface area contributed by atoms with E-state index in [1.165, 1.54) is 11.3 Å². The molecule has 0 radical (unpaired) electrons. The van der Waals surface area contributed by atoms with Crippen molar-refractivity contribution in [1.29, 1.82) is 0 Å². The maximum Gasteiger partial charge on any atom is 0.243 e. The predicted molar refractivity (Wildman–Crippen MR) is 188 cm³/mol. The van der Waals surface area contributed by atoms with E-state index in [-0.39, 0.29) is 36.6 Å². The summed E-state index contributed by atoms with van der Waals surface area (Å²) in [5.41, 5.74) is 8.70. The lowest BCUT2D eigenvalue weighted by Crippen LogP contribution is -2.59. The summed E-state index contributed by atoms with van der Waals surface area (Å²) in [6, 6.07) is 10.6. The molecule has 13 heteroatoms. The number of carbonyl (C=O) groups excluding carboxylic acids is 4. The quantitative estimate of drug-likeness (QED) is 0.132. The van der Waals surface area contributed by atoms with Crippen LogP contribution >= 0.6 is 22.9 Å². The van der Waals surface area contributed by atoms with E-state index in [0.717, 1.165) is 53.6 Å². The molecule has 1 saturated carbocycles. The van der Waals surface area contributed by atoms with Crippen molar-refractivity contribution in [2.45, 2.75) is 95.4 Å². The van der Waals surface area contributed by atoms with Gasteiger partial charge >= 0.3 is 0 Å². The molecule has 0 bridgehead atoms. The highest BCUT2D eigenvalue weighted by molar-refractivity contribution is 7.18. The van der Waals surface area contributed by atoms with Gasteiger partial charge in [0, 0.05) is 31.0 Å². The number of unbranched alkanes of at least 4 members (excludes halogenated alkanes) is 1. The van der Waals surface area contributed by atoms with Crippen LogP contribution in [0.25, 0.3) is 10.2 Å². The van der Waals surface area contributed by atoms with E-state index in [9.17, 15) is 19.2 Å². The second-order valence-electron chi connectivity index (χ2n) is 12.7. The number of carbonyl (C=O) groups is 4. The summed E-state index contributed by atoms with van der Waals surface area (Å²) in [6.07, 6.45) is 5.60. The molecule has 5 rings (SSSR count). The summed E-state index contributed by atoms with van der Waals surface area (Å²) in [6.45, 7) is 3.51. The van der Waals surface area contributed by atoms with Crippen molar-refractivity contribution in [3.8, 4) is 0 Å². The molecule has 1 aromatic heterocycles. The largest absolute Gasteiger partial charge is 0.346 e. The lowest BCUT2D eigenvalue weighted by atomic mass is 9.95. The molecule has 0 saturated heterocycles. The number of benzene rings is 2. The number of nitrogens with one attached hydrogen (secondary N) is 5. The van der Waals surface area contributed by atoms with Gasteiger partial charge in [0.15, 0.2) is 0 Å². The molecule has 2 heterocycles. The highest BCUT2D eigenvalue weighted by atomic mass is 35.5. The Kier molecular flexibility index (Phi) is 12.8. The maximum atomic E-state index is 14.1. The van der Waals surface area contributed by atoms with Crippen LogP contribution in [0.15, 0.2) is 42.5 Å². The van der Waals surface area contributed by atoms with Crippen LogP contribution < -0.4 is 32.3 Å². The normalized spacial score (nSPS) is 18.0. The Hall–Kier alpha value is -3.58. The van der Waals surface area contributed by atoms with E-state index in [0.29, 0.717) is 42.4 Å². The van der Waals surface area contributed by atoms with Crippen molar-refractivity contribution in [1.82, 2.24) is 31.6 Å². The predicted octanol–water partition coefficient (Wildman–Crippen LogP) is 3.64. The van der Waals surface area contributed by atoms with Gasteiger partial charge in [-0.3, -0.25) is 19.2 Å². The Labute approximate surface area is 290 Å². The van der Waals surface area contributed by atoms with Gasteiger partial charge in [0.2, 0.25) is 23.6 Å². The van der Waals surface area contributed by atoms with E-state index in [4.69, 9.17) is 17.3 Å². The Balaban J connectivity index is 1.32. The summed E-state index contributed by atoms with van der Waals surface area (Å²) in [4.78, 5) is 58.9. The first-order valence-electron chi connectivity index (χ1n) is 17.0. The van der Waals surface area contributed by atoms with Crippen LogP contribution in [-0.2, 0) is 32.1 Å². The third kappa shape index (κ3) is 9.31. The fraction of sp³-hybridized carbons (Fsp3) is 0.514. The second-order valence-corrected chi connectivity index (χ2v) is 14.2. The summed E-state index contributed by atoms with van der Waals surface area (Å²) < 4.78 is 0.883. The van der Waals surface area contributed by atoms with Crippen LogP contribution in [0.2, 0.25) is 5.02 Å². The van der Waals surface area contributed by atoms with E-state index >= 15 is 0 Å². The molecule has 0 spiro atoms. The van der Waals surface area contributed by atoms with Crippen molar-refractivity contribution in [2.24, 2.45) is 11.7 Å². The molecule has 2 aliphatic rings. The molecule has 0 unspecified atom stereocenters. The molecule has 11 nitrogen and oxygen atoms in total. The van der Waals surface area contributed by atoms with Crippen molar-refractivity contribution < 1.29 is 19.2 Å². The average Bonchev–Trinajstić information content (AvgIpc) is 3.76. The van der Waals surface area contributed by atoms with Crippen LogP contribution in [0.3, 0.4) is 0 Å². The van der Waals surface area contributed by atoms with Gasteiger partial charge < -0.3 is 32.3 Å². The second kappa shape index (κ2) is 17.2. The summed E-state index contributed by atoms with van der Waals surface area (Å²) in [5.74, 6) is -1.51. The first-order valence-corrected chi connectivity index (χ1v) is 18.2. The Morgan fingerprint density at radius 3 is 2.56 bits per heavy atom. The number of nitrogens with zero attached hydrogens (tertiary/aromatic N) is 1. The molecular formula is C35H46ClN7O4S. The number of aromatic nitrogens is 1. The number of fused-ring (bicyclic) bond motifs is 2. The number of thiazole rings is 1. The molecule has 1 fully saturated rings. The van der Waals surface area contributed by atoms with Crippen molar-refractivity contribution in [3.05, 3.63) is 63.6 Å².